The molecular weight excluding hydrogens is 342 g/mol. The van der Waals surface area contributed by atoms with Gasteiger partial charge < -0.3 is 9.80 Å². The Morgan fingerprint density at radius 3 is 2.41 bits per heavy atom. The van der Waals surface area contributed by atoms with E-state index in [4.69, 9.17) is 0 Å². The molecule has 1 aromatic carbocycles. The minimum absolute atomic E-state index is 0.00513. The van der Waals surface area contributed by atoms with Gasteiger partial charge in [0, 0.05) is 45.3 Å². The molecule has 0 unspecified atom stereocenters. The summed E-state index contributed by atoms with van der Waals surface area (Å²) in [5, 5.41) is 4.60. The van der Waals surface area contributed by atoms with Crippen molar-refractivity contribution in [2.75, 3.05) is 27.7 Å². The van der Waals surface area contributed by atoms with E-state index in [0.717, 1.165) is 11.3 Å². The van der Waals surface area contributed by atoms with E-state index in [-0.39, 0.29) is 18.4 Å². The van der Waals surface area contributed by atoms with Crippen molar-refractivity contribution in [1.29, 1.82) is 0 Å². The molecule has 2 amide bonds. The molecule has 0 N–H and O–H groups in total. The van der Waals surface area contributed by atoms with Gasteiger partial charge in [-0.3, -0.25) is 14.6 Å². The maximum atomic E-state index is 13.0. The summed E-state index contributed by atoms with van der Waals surface area (Å²) in [6.45, 7) is -0.00513. The topological polar surface area (TPSA) is 71.3 Å². The predicted molar refractivity (Wildman–Crippen MR) is 102 cm³/mol. The van der Waals surface area contributed by atoms with Gasteiger partial charge in [-0.05, 0) is 24.3 Å². The first kappa shape index (κ1) is 18.3. The fourth-order valence-corrected chi connectivity index (χ4v) is 2.58. The van der Waals surface area contributed by atoms with E-state index in [9.17, 15) is 9.59 Å². The van der Waals surface area contributed by atoms with Crippen LogP contribution in [0, 0.1) is 0 Å². The molecule has 138 valence electrons. The van der Waals surface area contributed by atoms with Crippen LogP contribution in [0.15, 0.2) is 61.1 Å². The number of hydrogen-bond donors (Lipinski definition) is 0. The molecular formula is C20H21N5O2. The highest BCUT2D eigenvalue weighted by Gasteiger charge is 2.23. The van der Waals surface area contributed by atoms with Gasteiger partial charge >= 0.3 is 0 Å². The van der Waals surface area contributed by atoms with Crippen molar-refractivity contribution in [2.24, 2.45) is 0 Å². The van der Waals surface area contributed by atoms with Crippen molar-refractivity contribution in [3.05, 3.63) is 66.6 Å². The maximum Gasteiger partial charge on any atom is 0.257 e. The minimum Gasteiger partial charge on any atom is -0.347 e. The lowest BCUT2D eigenvalue weighted by molar-refractivity contribution is -0.129. The lowest BCUT2D eigenvalue weighted by atomic mass is 10.1. The monoisotopic (exact) mass is 363 g/mol. The van der Waals surface area contributed by atoms with Crippen LogP contribution in [0.1, 0.15) is 10.4 Å². The quantitative estimate of drug-likeness (QED) is 0.696. The number of benzene rings is 1. The van der Waals surface area contributed by atoms with Crippen LogP contribution < -0.4 is 0 Å². The van der Waals surface area contributed by atoms with Crippen molar-refractivity contribution in [1.82, 2.24) is 24.6 Å². The smallest absolute Gasteiger partial charge is 0.257 e. The molecule has 7 heteroatoms. The summed E-state index contributed by atoms with van der Waals surface area (Å²) < 4.78 is 1.66. The molecule has 0 radical (unpaired) electrons. The fourth-order valence-electron chi connectivity index (χ4n) is 2.58. The molecule has 2 heterocycles. The first-order valence-corrected chi connectivity index (χ1v) is 8.48. The van der Waals surface area contributed by atoms with Gasteiger partial charge in [0.05, 0.1) is 17.8 Å². The molecule has 7 nitrogen and oxygen atoms in total. The van der Waals surface area contributed by atoms with Gasteiger partial charge in [0.25, 0.3) is 5.91 Å². The minimum atomic E-state index is -0.272. The molecule has 0 aliphatic rings. The van der Waals surface area contributed by atoms with E-state index in [0.29, 0.717) is 11.3 Å². The molecule has 0 saturated heterocycles. The van der Waals surface area contributed by atoms with Crippen LogP contribution in [-0.2, 0) is 4.79 Å². The zero-order valence-corrected chi connectivity index (χ0v) is 15.5. The highest BCUT2D eigenvalue weighted by Crippen LogP contribution is 2.24. The highest BCUT2D eigenvalue weighted by atomic mass is 16.2. The van der Waals surface area contributed by atoms with Crippen LogP contribution in [0.5, 0.6) is 0 Å². The van der Waals surface area contributed by atoms with Gasteiger partial charge in [0.2, 0.25) is 5.91 Å². The van der Waals surface area contributed by atoms with Crippen molar-refractivity contribution >= 4 is 11.8 Å². The van der Waals surface area contributed by atoms with Crippen molar-refractivity contribution in [3.8, 4) is 16.9 Å². The zero-order valence-electron chi connectivity index (χ0n) is 15.5. The predicted octanol–water partition coefficient (Wildman–Crippen LogP) is 2.09. The molecule has 0 fully saturated rings. The molecule has 27 heavy (non-hydrogen) atoms. The largest absolute Gasteiger partial charge is 0.347 e. The lowest BCUT2D eigenvalue weighted by Gasteiger charge is -2.19. The van der Waals surface area contributed by atoms with E-state index in [1.54, 1.807) is 50.5 Å². The van der Waals surface area contributed by atoms with Gasteiger partial charge in [-0.1, -0.05) is 18.2 Å². The first-order chi connectivity index (χ1) is 13.0. The number of para-hydroxylation sites is 1. The Morgan fingerprint density at radius 1 is 1.04 bits per heavy atom. The average molecular weight is 363 g/mol. The molecule has 0 saturated carbocycles. The third-order valence-corrected chi connectivity index (χ3v) is 4.12. The Bertz CT molecular complexity index is 936. The normalized spacial score (nSPS) is 10.5. The van der Waals surface area contributed by atoms with Crippen LogP contribution in [0.3, 0.4) is 0 Å². The zero-order chi connectivity index (χ0) is 19.4. The lowest BCUT2D eigenvalue weighted by Crippen LogP contribution is -2.37. The maximum absolute atomic E-state index is 13.0. The summed E-state index contributed by atoms with van der Waals surface area (Å²) in [5.41, 5.74) is 2.53. The summed E-state index contributed by atoms with van der Waals surface area (Å²) in [6, 6.07) is 13.2. The Morgan fingerprint density at radius 2 is 1.78 bits per heavy atom. The number of rotatable bonds is 5. The second-order valence-electron chi connectivity index (χ2n) is 6.36. The van der Waals surface area contributed by atoms with E-state index in [2.05, 4.69) is 10.1 Å². The average Bonchev–Trinajstić information content (AvgIpc) is 3.14. The van der Waals surface area contributed by atoms with E-state index >= 15 is 0 Å². The van der Waals surface area contributed by atoms with Crippen molar-refractivity contribution in [2.45, 2.75) is 0 Å². The van der Waals surface area contributed by atoms with Crippen LogP contribution in [0.4, 0.5) is 0 Å². The van der Waals surface area contributed by atoms with E-state index in [1.165, 1.54) is 9.80 Å². The van der Waals surface area contributed by atoms with Crippen LogP contribution in [0.25, 0.3) is 16.9 Å². The summed E-state index contributed by atoms with van der Waals surface area (Å²) in [7, 11) is 4.93. The van der Waals surface area contributed by atoms with Gasteiger partial charge in [-0.15, -0.1) is 0 Å². The molecule has 0 atom stereocenters. The SMILES string of the molecule is CN(C)C(=O)CN(C)C(=O)c1cn(-c2ccccc2)nc1-c1cccnc1. The number of carbonyl (C=O) groups excluding carboxylic acids is 2. The molecule has 0 aliphatic heterocycles. The van der Waals surface area contributed by atoms with Crippen molar-refractivity contribution < 1.29 is 9.59 Å². The number of aromatic nitrogens is 3. The number of likely N-dealkylation sites (N-methyl/N-ethyl adjacent to an activating group) is 2. The number of amides is 2. The molecule has 3 aromatic rings. The number of carbonyl (C=O) groups is 2. The summed E-state index contributed by atoms with van der Waals surface area (Å²) in [5.74, 6) is -0.421. The van der Waals surface area contributed by atoms with Crippen LogP contribution in [0.2, 0.25) is 0 Å². The third kappa shape index (κ3) is 4.03. The highest BCUT2D eigenvalue weighted by molar-refractivity contribution is 6.01. The van der Waals surface area contributed by atoms with Gasteiger partial charge in [-0.2, -0.15) is 5.10 Å². The second-order valence-corrected chi connectivity index (χ2v) is 6.36. The number of nitrogens with zero attached hydrogens (tertiary/aromatic N) is 5. The Labute approximate surface area is 157 Å². The van der Waals surface area contributed by atoms with Crippen LogP contribution in [-0.4, -0.2) is 64.1 Å². The summed E-state index contributed by atoms with van der Waals surface area (Å²) in [6.07, 6.45) is 5.02. The van der Waals surface area contributed by atoms with Gasteiger partial charge in [-0.25, -0.2) is 4.68 Å². The fraction of sp³-hybridized carbons (Fsp3) is 0.200. The summed E-state index contributed by atoms with van der Waals surface area (Å²) in [4.78, 5) is 32.0. The molecule has 0 spiro atoms. The van der Waals surface area contributed by atoms with Crippen molar-refractivity contribution in [3.63, 3.8) is 0 Å². The summed E-state index contributed by atoms with van der Waals surface area (Å²) >= 11 is 0. The van der Waals surface area contributed by atoms with Gasteiger partial charge in [0.15, 0.2) is 0 Å². The third-order valence-electron chi connectivity index (χ3n) is 4.12. The van der Waals surface area contributed by atoms with Crippen LogP contribution >= 0.6 is 0 Å². The molecule has 0 bridgehead atoms. The Hall–Kier alpha value is -3.48. The Balaban J connectivity index is 2.01. The standard InChI is InChI=1S/C20H21N5O2/c1-23(2)18(26)14-24(3)20(27)17-13-25(16-9-5-4-6-10-16)22-19(17)15-8-7-11-21-12-15/h4-13H,14H2,1-3H3. The number of pyridine rings is 1. The van der Waals surface area contributed by atoms with E-state index < -0.39 is 0 Å². The Kier molecular flexibility index (Phi) is 5.30. The molecule has 2 aromatic heterocycles. The molecule has 3 rings (SSSR count). The van der Waals surface area contributed by atoms with Gasteiger partial charge in [0.1, 0.15) is 5.69 Å². The van der Waals surface area contributed by atoms with E-state index in [1.807, 2.05) is 36.4 Å². The number of hydrogen-bond acceptors (Lipinski definition) is 4. The second kappa shape index (κ2) is 7.82. The molecule has 0 aliphatic carbocycles. The first-order valence-electron chi connectivity index (χ1n) is 8.48.